The van der Waals surface area contributed by atoms with E-state index in [0.29, 0.717) is 38.4 Å². The maximum Gasteiger partial charge on any atom is 0.417 e. The van der Waals surface area contributed by atoms with Gasteiger partial charge in [0.25, 0.3) is 0 Å². The van der Waals surface area contributed by atoms with Gasteiger partial charge in [-0.2, -0.15) is 13.2 Å². The second-order valence-corrected chi connectivity index (χ2v) is 8.58. The van der Waals surface area contributed by atoms with Crippen LogP contribution < -0.4 is 4.90 Å². The molecular formula is C18H20F3N3O2S. The Morgan fingerprint density at radius 3 is 2.33 bits per heavy atom. The number of anilines is 1. The average molecular weight is 399 g/mol. The van der Waals surface area contributed by atoms with Gasteiger partial charge in [0.15, 0.2) is 9.84 Å². The molecule has 1 aromatic heterocycles. The Labute approximate surface area is 156 Å². The summed E-state index contributed by atoms with van der Waals surface area (Å²) in [4.78, 5) is 8.42. The van der Waals surface area contributed by atoms with E-state index in [1.807, 2.05) is 6.07 Å². The maximum atomic E-state index is 12.6. The van der Waals surface area contributed by atoms with Crippen molar-refractivity contribution in [3.05, 3.63) is 53.9 Å². The average Bonchev–Trinajstić information content (AvgIpc) is 2.61. The van der Waals surface area contributed by atoms with Crippen molar-refractivity contribution in [1.29, 1.82) is 0 Å². The standard InChI is InChI=1S/C18H20F3N3O2S/c1-27(25,26)17-4-2-3-16(11-17)24-9-7-23(8-10-24)13-15-6-5-14(12-22-15)18(19,20)21/h2-6,11-12H,7-10,13H2,1H3. The van der Waals surface area contributed by atoms with Gasteiger partial charge in [-0.05, 0) is 30.3 Å². The van der Waals surface area contributed by atoms with Crippen molar-refractivity contribution in [2.45, 2.75) is 17.6 Å². The molecule has 5 nitrogen and oxygen atoms in total. The molecule has 0 saturated carbocycles. The predicted molar refractivity (Wildman–Crippen MR) is 96.3 cm³/mol. The summed E-state index contributed by atoms with van der Waals surface area (Å²) < 4.78 is 61.2. The first-order chi connectivity index (χ1) is 12.6. The van der Waals surface area contributed by atoms with E-state index in [1.165, 1.54) is 12.3 Å². The number of pyridine rings is 1. The van der Waals surface area contributed by atoms with E-state index in [-0.39, 0.29) is 4.90 Å². The number of rotatable bonds is 4. The van der Waals surface area contributed by atoms with Crippen molar-refractivity contribution in [3.8, 4) is 0 Å². The minimum atomic E-state index is -4.38. The number of alkyl halides is 3. The van der Waals surface area contributed by atoms with Crippen LogP contribution >= 0.6 is 0 Å². The fraction of sp³-hybridized carbons (Fsp3) is 0.389. The van der Waals surface area contributed by atoms with E-state index < -0.39 is 21.6 Å². The molecule has 0 bridgehead atoms. The molecule has 0 aliphatic carbocycles. The zero-order valence-electron chi connectivity index (χ0n) is 14.8. The largest absolute Gasteiger partial charge is 0.417 e. The maximum absolute atomic E-state index is 12.6. The van der Waals surface area contributed by atoms with Gasteiger partial charge in [0, 0.05) is 50.9 Å². The summed E-state index contributed by atoms with van der Waals surface area (Å²) in [5.41, 5.74) is 0.697. The first-order valence-corrected chi connectivity index (χ1v) is 10.3. The van der Waals surface area contributed by atoms with Crippen molar-refractivity contribution in [3.63, 3.8) is 0 Å². The number of nitrogens with zero attached hydrogens (tertiary/aromatic N) is 3. The highest BCUT2D eigenvalue weighted by Gasteiger charge is 2.30. The third-order valence-electron chi connectivity index (χ3n) is 4.52. The van der Waals surface area contributed by atoms with E-state index in [1.54, 1.807) is 18.2 Å². The smallest absolute Gasteiger partial charge is 0.369 e. The summed E-state index contributed by atoms with van der Waals surface area (Å²) in [6.07, 6.45) is -2.33. The third-order valence-corrected chi connectivity index (χ3v) is 5.63. The highest BCUT2D eigenvalue weighted by molar-refractivity contribution is 7.90. The van der Waals surface area contributed by atoms with Crippen LogP contribution in [-0.4, -0.2) is 50.7 Å². The van der Waals surface area contributed by atoms with Crippen LogP contribution in [0.2, 0.25) is 0 Å². The van der Waals surface area contributed by atoms with E-state index in [0.717, 1.165) is 18.0 Å². The minimum Gasteiger partial charge on any atom is -0.369 e. The Morgan fingerprint density at radius 1 is 1.07 bits per heavy atom. The molecule has 0 radical (unpaired) electrons. The van der Waals surface area contributed by atoms with Gasteiger partial charge in [0.2, 0.25) is 0 Å². The van der Waals surface area contributed by atoms with Gasteiger partial charge in [-0.1, -0.05) is 6.07 Å². The molecule has 0 amide bonds. The van der Waals surface area contributed by atoms with Crippen LogP contribution in [0.5, 0.6) is 0 Å². The Balaban J connectivity index is 1.59. The van der Waals surface area contributed by atoms with Gasteiger partial charge in [-0.15, -0.1) is 0 Å². The Bertz CT molecular complexity index is 891. The lowest BCUT2D eigenvalue weighted by Gasteiger charge is -2.36. The fourth-order valence-corrected chi connectivity index (χ4v) is 3.65. The van der Waals surface area contributed by atoms with Crippen molar-refractivity contribution < 1.29 is 21.6 Å². The summed E-state index contributed by atoms with van der Waals surface area (Å²) in [7, 11) is -3.25. The van der Waals surface area contributed by atoms with Crippen molar-refractivity contribution in [2.75, 3.05) is 37.3 Å². The molecule has 27 heavy (non-hydrogen) atoms. The Kier molecular flexibility index (Phi) is 5.43. The zero-order valence-corrected chi connectivity index (χ0v) is 15.6. The molecule has 0 atom stereocenters. The van der Waals surface area contributed by atoms with Crippen LogP contribution in [0, 0.1) is 0 Å². The molecule has 2 aromatic rings. The monoisotopic (exact) mass is 399 g/mol. The van der Waals surface area contributed by atoms with Gasteiger partial charge < -0.3 is 4.90 Å². The number of hydrogen-bond acceptors (Lipinski definition) is 5. The SMILES string of the molecule is CS(=O)(=O)c1cccc(N2CCN(Cc3ccc(C(F)(F)F)cn3)CC2)c1. The molecule has 0 spiro atoms. The summed E-state index contributed by atoms with van der Waals surface area (Å²) in [6, 6.07) is 9.31. The Hall–Kier alpha value is -2.13. The van der Waals surface area contributed by atoms with Crippen LogP contribution in [0.4, 0.5) is 18.9 Å². The lowest BCUT2D eigenvalue weighted by molar-refractivity contribution is -0.137. The third kappa shape index (κ3) is 4.98. The summed E-state index contributed by atoms with van der Waals surface area (Å²) >= 11 is 0. The molecule has 2 heterocycles. The van der Waals surface area contributed by atoms with Gasteiger partial charge in [0.05, 0.1) is 16.2 Å². The van der Waals surface area contributed by atoms with Gasteiger partial charge in [-0.3, -0.25) is 9.88 Å². The predicted octanol–water partition coefficient (Wildman–Crippen LogP) is 2.83. The molecule has 146 valence electrons. The second kappa shape index (κ2) is 7.47. The fourth-order valence-electron chi connectivity index (χ4n) is 2.99. The lowest BCUT2D eigenvalue weighted by Crippen LogP contribution is -2.46. The van der Waals surface area contributed by atoms with Crippen molar-refractivity contribution in [1.82, 2.24) is 9.88 Å². The second-order valence-electron chi connectivity index (χ2n) is 6.57. The summed E-state index contributed by atoms with van der Waals surface area (Å²) in [5, 5.41) is 0. The van der Waals surface area contributed by atoms with Crippen LogP contribution in [0.1, 0.15) is 11.3 Å². The number of hydrogen-bond donors (Lipinski definition) is 0. The van der Waals surface area contributed by atoms with Crippen LogP contribution in [0.3, 0.4) is 0 Å². The number of halogens is 3. The first kappa shape index (κ1) is 19.6. The first-order valence-electron chi connectivity index (χ1n) is 8.42. The van der Waals surface area contributed by atoms with Crippen molar-refractivity contribution >= 4 is 15.5 Å². The molecular weight excluding hydrogens is 379 g/mol. The molecule has 9 heteroatoms. The topological polar surface area (TPSA) is 53.5 Å². The van der Waals surface area contributed by atoms with Gasteiger partial charge >= 0.3 is 6.18 Å². The minimum absolute atomic E-state index is 0.288. The molecule has 1 aliphatic heterocycles. The van der Waals surface area contributed by atoms with E-state index in [4.69, 9.17) is 0 Å². The van der Waals surface area contributed by atoms with Crippen LogP contribution in [-0.2, 0) is 22.6 Å². The van der Waals surface area contributed by atoms with Crippen LogP contribution in [0.15, 0.2) is 47.5 Å². The molecule has 1 aliphatic rings. The number of sulfone groups is 1. The molecule has 1 fully saturated rings. The molecule has 0 unspecified atom stereocenters. The highest BCUT2D eigenvalue weighted by atomic mass is 32.2. The highest BCUT2D eigenvalue weighted by Crippen LogP contribution is 2.28. The van der Waals surface area contributed by atoms with Gasteiger partial charge in [-0.25, -0.2) is 8.42 Å². The van der Waals surface area contributed by atoms with E-state index in [2.05, 4.69) is 14.8 Å². The zero-order chi connectivity index (χ0) is 19.7. The van der Waals surface area contributed by atoms with E-state index >= 15 is 0 Å². The van der Waals surface area contributed by atoms with Crippen molar-refractivity contribution in [2.24, 2.45) is 0 Å². The van der Waals surface area contributed by atoms with Crippen LogP contribution in [0.25, 0.3) is 0 Å². The molecule has 3 rings (SSSR count). The summed E-state index contributed by atoms with van der Waals surface area (Å²) in [5.74, 6) is 0. The summed E-state index contributed by atoms with van der Waals surface area (Å²) in [6.45, 7) is 3.31. The normalized spacial score (nSPS) is 16.5. The molecule has 1 saturated heterocycles. The number of piperazine rings is 1. The molecule has 1 aromatic carbocycles. The van der Waals surface area contributed by atoms with Gasteiger partial charge in [0.1, 0.15) is 0 Å². The lowest BCUT2D eigenvalue weighted by atomic mass is 10.2. The quantitative estimate of drug-likeness (QED) is 0.792. The number of aromatic nitrogens is 1. The van der Waals surface area contributed by atoms with E-state index in [9.17, 15) is 21.6 Å². The Morgan fingerprint density at radius 2 is 1.78 bits per heavy atom. The number of benzene rings is 1. The molecule has 0 N–H and O–H groups in total.